The first-order valence-corrected chi connectivity index (χ1v) is 5.77. The van der Waals surface area contributed by atoms with Crippen molar-refractivity contribution in [3.63, 3.8) is 0 Å². The summed E-state index contributed by atoms with van der Waals surface area (Å²) < 4.78 is 38.6. The van der Waals surface area contributed by atoms with E-state index in [-0.39, 0.29) is 11.4 Å². The van der Waals surface area contributed by atoms with Crippen LogP contribution < -0.4 is 5.43 Å². The van der Waals surface area contributed by atoms with Crippen LogP contribution in [0.3, 0.4) is 0 Å². The van der Waals surface area contributed by atoms with Gasteiger partial charge < -0.3 is 0 Å². The lowest BCUT2D eigenvalue weighted by molar-refractivity contribution is -0.142. The molecule has 2 heterocycles. The van der Waals surface area contributed by atoms with E-state index in [1.807, 2.05) is 0 Å². The quantitative estimate of drug-likeness (QED) is 0.674. The van der Waals surface area contributed by atoms with Gasteiger partial charge in [-0.3, -0.25) is 14.2 Å². The second kappa shape index (κ2) is 5.77. The molecule has 1 amide bonds. The Labute approximate surface area is 117 Å². The van der Waals surface area contributed by atoms with E-state index in [1.54, 1.807) is 13.2 Å². The minimum Gasteiger partial charge on any atom is -0.275 e. The number of hydrazone groups is 1. The number of amides is 1. The number of aryl methyl sites for hydroxylation is 1. The van der Waals surface area contributed by atoms with Gasteiger partial charge in [-0.1, -0.05) is 0 Å². The van der Waals surface area contributed by atoms with Gasteiger partial charge in [-0.05, 0) is 12.1 Å². The Bertz CT molecular complexity index is 657. The highest BCUT2D eigenvalue weighted by atomic mass is 19.4. The first-order valence-electron chi connectivity index (χ1n) is 5.77. The first kappa shape index (κ1) is 14.8. The van der Waals surface area contributed by atoms with E-state index in [4.69, 9.17) is 0 Å². The fourth-order valence-corrected chi connectivity index (χ4v) is 1.47. The van der Waals surface area contributed by atoms with Crippen molar-refractivity contribution in [2.75, 3.05) is 0 Å². The second-order valence-electron chi connectivity index (χ2n) is 4.13. The van der Waals surface area contributed by atoms with Crippen LogP contribution in [-0.2, 0) is 13.6 Å². The summed E-state index contributed by atoms with van der Waals surface area (Å²) >= 11 is 0. The number of carbonyl (C=O) groups excluding carboxylic acids is 1. The van der Waals surface area contributed by atoms with Crippen LogP contribution in [0, 0.1) is 0 Å². The van der Waals surface area contributed by atoms with Gasteiger partial charge >= 0.3 is 6.18 Å². The Morgan fingerprint density at radius 3 is 2.76 bits per heavy atom. The summed E-state index contributed by atoms with van der Waals surface area (Å²) in [6.45, 7) is -1.18. The van der Waals surface area contributed by atoms with E-state index in [0.29, 0.717) is 0 Å². The maximum atomic E-state index is 12.1. The van der Waals surface area contributed by atoms with Crippen molar-refractivity contribution in [3.8, 4) is 0 Å². The molecule has 2 rings (SSSR count). The Kier molecular flexibility index (Phi) is 4.05. The predicted octanol–water partition coefficient (Wildman–Crippen LogP) is 0.943. The lowest BCUT2D eigenvalue weighted by Crippen LogP contribution is -2.19. The molecule has 0 fully saturated rings. The van der Waals surface area contributed by atoms with Gasteiger partial charge in [0.25, 0.3) is 5.91 Å². The van der Waals surface area contributed by atoms with Crippen molar-refractivity contribution in [3.05, 3.63) is 35.9 Å². The number of alkyl halides is 3. The third kappa shape index (κ3) is 4.44. The number of hydrogen-bond acceptors (Lipinski definition) is 4. The van der Waals surface area contributed by atoms with E-state index < -0.39 is 18.6 Å². The van der Waals surface area contributed by atoms with Gasteiger partial charge in [-0.2, -0.15) is 28.5 Å². The molecule has 21 heavy (non-hydrogen) atoms. The summed E-state index contributed by atoms with van der Waals surface area (Å²) in [5.74, 6) is -0.526. The van der Waals surface area contributed by atoms with Gasteiger partial charge in [0.15, 0.2) is 5.69 Å². The van der Waals surface area contributed by atoms with Crippen LogP contribution in [-0.4, -0.2) is 37.9 Å². The number of hydrogen-bond donors (Lipinski definition) is 1. The van der Waals surface area contributed by atoms with Crippen molar-refractivity contribution in [2.24, 2.45) is 12.1 Å². The lowest BCUT2D eigenvalue weighted by atomic mass is 10.4. The minimum atomic E-state index is -4.34. The van der Waals surface area contributed by atoms with Crippen LogP contribution in [0.25, 0.3) is 0 Å². The molecular weight excluding hydrogens is 289 g/mol. The zero-order valence-corrected chi connectivity index (χ0v) is 10.9. The monoisotopic (exact) mass is 300 g/mol. The normalized spacial score (nSPS) is 12.0. The van der Waals surface area contributed by atoms with Crippen LogP contribution in [0.2, 0.25) is 0 Å². The van der Waals surface area contributed by atoms with Crippen molar-refractivity contribution in [1.29, 1.82) is 0 Å². The van der Waals surface area contributed by atoms with Crippen LogP contribution >= 0.6 is 0 Å². The van der Waals surface area contributed by atoms with Gasteiger partial charge in [-0.15, -0.1) is 0 Å². The zero-order valence-electron chi connectivity index (χ0n) is 10.9. The Morgan fingerprint density at radius 2 is 2.14 bits per heavy atom. The van der Waals surface area contributed by atoms with Gasteiger partial charge in [-0.25, -0.2) is 5.43 Å². The van der Waals surface area contributed by atoms with E-state index in [1.165, 1.54) is 23.0 Å². The molecule has 1 N–H and O–H groups in total. The summed E-state index contributed by atoms with van der Waals surface area (Å²) in [4.78, 5) is 11.6. The second-order valence-corrected chi connectivity index (χ2v) is 4.13. The summed E-state index contributed by atoms with van der Waals surface area (Å²) in [6.07, 6.45) is -0.422. The van der Waals surface area contributed by atoms with E-state index in [9.17, 15) is 18.0 Å². The molecule has 0 saturated heterocycles. The van der Waals surface area contributed by atoms with Crippen molar-refractivity contribution in [2.45, 2.75) is 12.7 Å². The molecule has 0 radical (unpaired) electrons. The smallest absolute Gasteiger partial charge is 0.275 e. The molecule has 0 spiro atoms. The SMILES string of the molecule is Cn1ccc(C(=O)N/N=C\c2ccn(CC(F)(F)F)n2)n1. The number of carbonyl (C=O) groups is 1. The van der Waals surface area contributed by atoms with Crippen LogP contribution in [0.5, 0.6) is 0 Å². The predicted molar refractivity (Wildman–Crippen MR) is 66.6 cm³/mol. The molecule has 112 valence electrons. The average molecular weight is 300 g/mol. The van der Waals surface area contributed by atoms with Gasteiger partial charge in [0.2, 0.25) is 0 Å². The van der Waals surface area contributed by atoms with E-state index in [0.717, 1.165) is 10.9 Å². The molecule has 2 aromatic rings. The van der Waals surface area contributed by atoms with E-state index in [2.05, 4.69) is 20.7 Å². The van der Waals surface area contributed by atoms with Gasteiger partial charge in [0, 0.05) is 19.4 Å². The molecule has 0 aliphatic carbocycles. The highest BCUT2D eigenvalue weighted by molar-refractivity contribution is 5.92. The number of nitrogens with zero attached hydrogens (tertiary/aromatic N) is 5. The highest BCUT2D eigenvalue weighted by Crippen LogP contribution is 2.16. The summed E-state index contributed by atoms with van der Waals surface area (Å²) in [7, 11) is 1.66. The summed E-state index contributed by atoms with van der Waals surface area (Å²) in [5, 5.41) is 11.1. The van der Waals surface area contributed by atoms with Crippen molar-refractivity contribution < 1.29 is 18.0 Å². The molecule has 0 aliphatic rings. The Hall–Kier alpha value is -2.65. The van der Waals surface area contributed by atoms with Crippen molar-refractivity contribution in [1.82, 2.24) is 25.0 Å². The summed E-state index contributed by atoms with van der Waals surface area (Å²) in [6, 6.07) is 2.85. The average Bonchev–Trinajstić information content (AvgIpc) is 2.96. The molecule has 7 nitrogen and oxygen atoms in total. The van der Waals surface area contributed by atoms with Crippen molar-refractivity contribution >= 4 is 12.1 Å². The minimum absolute atomic E-state index is 0.178. The molecule has 0 aromatic carbocycles. The maximum Gasteiger partial charge on any atom is 0.408 e. The Morgan fingerprint density at radius 1 is 1.38 bits per heavy atom. The number of aromatic nitrogens is 4. The van der Waals surface area contributed by atoms with E-state index >= 15 is 0 Å². The fourth-order valence-electron chi connectivity index (χ4n) is 1.47. The third-order valence-electron chi connectivity index (χ3n) is 2.31. The number of nitrogens with one attached hydrogen (secondary N) is 1. The molecule has 0 unspecified atom stereocenters. The molecular formula is C11H11F3N6O. The zero-order chi connectivity index (χ0) is 15.5. The molecule has 0 atom stereocenters. The molecule has 0 bridgehead atoms. The van der Waals surface area contributed by atoms with Gasteiger partial charge in [0.1, 0.15) is 12.2 Å². The topological polar surface area (TPSA) is 77.1 Å². The summed E-state index contributed by atoms with van der Waals surface area (Å²) in [5.41, 5.74) is 2.57. The fraction of sp³-hybridized carbons (Fsp3) is 0.273. The Balaban J connectivity index is 1.91. The first-order chi connectivity index (χ1) is 9.83. The van der Waals surface area contributed by atoms with Gasteiger partial charge in [0.05, 0.1) is 6.21 Å². The van der Waals surface area contributed by atoms with Crippen LogP contribution in [0.1, 0.15) is 16.2 Å². The standard InChI is InChI=1S/C11H11F3N6O/c1-19-4-3-9(18-19)10(21)16-15-6-8-2-5-20(17-8)7-11(12,13)14/h2-6H,7H2,1H3,(H,16,21)/b15-6-. The molecule has 0 saturated carbocycles. The lowest BCUT2D eigenvalue weighted by Gasteiger charge is -2.04. The maximum absolute atomic E-state index is 12.1. The third-order valence-corrected chi connectivity index (χ3v) is 2.31. The molecule has 10 heteroatoms. The number of halogens is 3. The highest BCUT2D eigenvalue weighted by Gasteiger charge is 2.28. The van der Waals surface area contributed by atoms with Crippen LogP contribution in [0.4, 0.5) is 13.2 Å². The van der Waals surface area contributed by atoms with Crippen LogP contribution in [0.15, 0.2) is 29.6 Å². The largest absolute Gasteiger partial charge is 0.408 e. The number of rotatable bonds is 4. The molecule has 2 aromatic heterocycles. The molecule has 0 aliphatic heterocycles.